The van der Waals surface area contributed by atoms with Gasteiger partial charge in [0.2, 0.25) is 5.91 Å². The van der Waals surface area contributed by atoms with Crippen molar-refractivity contribution in [3.63, 3.8) is 0 Å². The van der Waals surface area contributed by atoms with Gasteiger partial charge in [-0.1, -0.05) is 6.92 Å². The maximum atomic E-state index is 13.5. The molecule has 1 unspecified atom stereocenters. The highest BCUT2D eigenvalue weighted by Gasteiger charge is 2.30. The number of amides is 1. The number of nitrogens with one attached hydrogen (secondary N) is 1. The number of aryl methyl sites for hydroxylation is 1. The van der Waals surface area contributed by atoms with Crippen molar-refractivity contribution in [2.24, 2.45) is 0 Å². The molecule has 1 atom stereocenters. The lowest BCUT2D eigenvalue weighted by molar-refractivity contribution is -0.121. The number of nitrogens with zero attached hydrogens (tertiary/aromatic N) is 1. The van der Waals surface area contributed by atoms with Gasteiger partial charge in [0.25, 0.3) is 0 Å². The average molecular weight is 343 g/mol. The van der Waals surface area contributed by atoms with Gasteiger partial charge in [0.05, 0.1) is 10.5 Å². The second-order valence-electron chi connectivity index (χ2n) is 5.19. The first kappa shape index (κ1) is 15.4. The Balaban J connectivity index is 2.23. The third kappa shape index (κ3) is 3.20. The summed E-state index contributed by atoms with van der Waals surface area (Å²) in [5.74, 6) is -0.206. The van der Waals surface area contributed by atoms with E-state index in [0.717, 1.165) is 37.1 Å². The van der Waals surface area contributed by atoms with Gasteiger partial charge in [-0.05, 0) is 66.4 Å². The highest BCUT2D eigenvalue weighted by atomic mass is 79.9. The smallest absolute Gasteiger partial charge is 0.244 e. The lowest BCUT2D eigenvalue weighted by atomic mass is 10.0. The highest BCUT2D eigenvalue weighted by molar-refractivity contribution is 9.10. The van der Waals surface area contributed by atoms with Crippen molar-refractivity contribution in [3.8, 4) is 0 Å². The summed E-state index contributed by atoms with van der Waals surface area (Å²) < 4.78 is 13.9. The van der Waals surface area contributed by atoms with Crippen LogP contribution in [0.3, 0.4) is 0 Å². The maximum Gasteiger partial charge on any atom is 0.244 e. The average Bonchev–Trinajstić information content (AvgIpc) is 2.42. The number of rotatable bonds is 4. The molecule has 1 aromatic rings. The molecule has 2 rings (SSSR count). The van der Waals surface area contributed by atoms with Crippen LogP contribution < -0.4 is 10.2 Å². The standard InChI is InChI=1S/C15H20BrFN2O/c1-3-6-18-13-5-4-7-19(15(13)20)14-9-11(16)12(17)8-10(14)2/h8-9,13,18H,3-7H2,1-2H3. The van der Waals surface area contributed by atoms with Gasteiger partial charge in [-0.15, -0.1) is 0 Å². The van der Waals surface area contributed by atoms with E-state index in [2.05, 4.69) is 28.2 Å². The second kappa shape index (κ2) is 6.68. The van der Waals surface area contributed by atoms with Crippen molar-refractivity contribution in [1.82, 2.24) is 5.32 Å². The maximum absolute atomic E-state index is 13.5. The summed E-state index contributed by atoms with van der Waals surface area (Å²) >= 11 is 3.20. The second-order valence-corrected chi connectivity index (χ2v) is 6.05. The molecule has 0 spiro atoms. The van der Waals surface area contributed by atoms with Gasteiger partial charge in [0.15, 0.2) is 0 Å². The zero-order valence-electron chi connectivity index (χ0n) is 11.9. The molecule has 110 valence electrons. The minimum Gasteiger partial charge on any atom is -0.311 e. The van der Waals surface area contributed by atoms with Gasteiger partial charge in [-0.3, -0.25) is 4.79 Å². The van der Waals surface area contributed by atoms with Crippen LogP contribution in [0.5, 0.6) is 0 Å². The SMILES string of the molecule is CCCNC1CCCN(c2cc(Br)c(F)cc2C)C1=O. The molecule has 1 saturated heterocycles. The third-order valence-electron chi connectivity index (χ3n) is 3.61. The molecule has 0 radical (unpaired) electrons. The molecule has 0 saturated carbocycles. The zero-order chi connectivity index (χ0) is 14.7. The van der Waals surface area contributed by atoms with Crippen LogP contribution in [0.25, 0.3) is 0 Å². The van der Waals surface area contributed by atoms with Crippen LogP contribution in [0, 0.1) is 12.7 Å². The van der Waals surface area contributed by atoms with E-state index in [1.165, 1.54) is 6.07 Å². The predicted octanol–water partition coefficient (Wildman–Crippen LogP) is 3.39. The first-order chi connectivity index (χ1) is 9.54. The fourth-order valence-corrected chi connectivity index (χ4v) is 2.88. The van der Waals surface area contributed by atoms with Crippen LogP contribution in [-0.2, 0) is 4.79 Å². The van der Waals surface area contributed by atoms with Crippen molar-refractivity contribution in [1.29, 1.82) is 0 Å². The minimum absolute atomic E-state index is 0.0892. The molecule has 1 aliphatic rings. The number of benzene rings is 1. The first-order valence-electron chi connectivity index (χ1n) is 7.05. The van der Waals surface area contributed by atoms with Crippen LogP contribution >= 0.6 is 15.9 Å². The van der Waals surface area contributed by atoms with Gasteiger partial charge in [0, 0.05) is 12.2 Å². The molecule has 5 heteroatoms. The molecule has 1 heterocycles. The Morgan fingerprint density at radius 3 is 2.95 bits per heavy atom. The van der Waals surface area contributed by atoms with E-state index in [-0.39, 0.29) is 17.8 Å². The molecule has 3 nitrogen and oxygen atoms in total. The molecule has 1 aliphatic heterocycles. The number of piperidine rings is 1. The van der Waals surface area contributed by atoms with Crippen LogP contribution in [0.1, 0.15) is 31.7 Å². The van der Waals surface area contributed by atoms with Crippen LogP contribution in [-0.4, -0.2) is 25.0 Å². The Bertz CT molecular complexity index is 507. The summed E-state index contributed by atoms with van der Waals surface area (Å²) in [6.45, 7) is 5.46. The largest absolute Gasteiger partial charge is 0.311 e. The normalized spacial score (nSPS) is 19.5. The topological polar surface area (TPSA) is 32.3 Å². The molecular formula is C15H20BrFN2O. The molecule has 1 fully saturated rings. The Hall–Kier alpha value is -0.940. The van der Waals surface area contributed by atoms with Crippen molar-refractivity contribution < 1.29 is 9.18 Å². The molecule has 0 aromatic heterocycles. The van der Waals surface area contributed by atoms with Crippen LogP contribution in [0.2, 0.25) is 0 Å². The van der Waals surface area contributed by atoms with Crippen LogP contribution in [0.4, 0.5) is 10.1 Å². The summed E-state index contributed by atoms with van der Waals surface area (Å²) in [5, 5.41) is 3.29. The predicted molar refractivity (Wildman–Crippen MR) is 82.5 cm³/mol. The van der Waals surface area contributed by atoms with E-state index in [1.807, 2.05) is 6.92 Å². The number of anilines is 1. The van der Waals surface area contributed by atoms with Gasteiger partial charge < -0.3 is 10.2 Å². The molecule has 1 aromatic carbocycles. The molecule has 1 N–H and O–H groups in total. The van der Waals surface area contributed by atoms with Crippen LogP contribution in [0.15, 0.2) is 16.6 Å². The monoisotopic (exact) mass is 342 g/mol. The lowest BCUT2D eigenvalue weighted by Crippen LogP contribution is -2.51. The fraction of sp³-hybridized carbons (Fsp3) is 0.533. The molecule has 1 amide bonds. The van der Waals surface area contributed by atoms with Crippen molar-refractivity contribution in [2.75, 3.05) is 18.0 Å². The molecule has 0 bridgehead atoms. The molecule has 0 aliphatic carbocycles. The van der Waals surface area contributed by atoms with Gasteiger partial charge >= 0.3 is 0 Å². The summed E-state index contributed by atoms with van der Waals surface area (Å²) in [7, 11) is 0. The van der Waals surface area contributed by atoms with E-state index in [1.54, 1.807) is 11.0 Å². The Morgan fingerprint density at radius 1 is 1.50 bits per heavy atom. The Labute approximate surface area is 127 Å². The number of halogens is 2. The highest BCUT2D eigenvalue weighted by Crippen LogP contribution is 2.29. The van der Waals surface area contributed by atoms with Crippen molar-refractivity contribution in [3.05, 3.63) is 28.0 Å². The fourth-order valence-electron chi connectivity index (χ4n) is 2.55. The summed E-state index contributed by atoms with van der Waals surface area (Å²) in [4.78, 5) is 14.3. The summed E-state index contributed by atoms with van der Waals surface area (Å²) in [5.41, 5.74) is 1.58. The lowest BCUT2D eigenvalue weighted by Gasteiger charge is -2.33. The van der Waals surface area contributed by atoms with Crippen molar-refractivity contribution >= 4 is 27.5 Å². The Morgan fingerprint density at radius 2 is 2.25 bits per heavy atom. The summed E-state index contributed by atoms with van der Waals surface area (Å²) in [6, 6.07) is 3.05. The minimum atomic E-state index is -0.295. The quantitative estimate of drug-likeness (QED) is 0.909. The van der Waals surface area contributed by atoms with Gasteiger partial charge in [0.1, 0.15) is 5.82 Å². The van der Waals surface area contributed by atoms with E-state index in [9.17, 15) is 9.18 Å². The zero-order valence-corrected chi connectivity index (χ0v) is 13.5. The summed E-state index contributed by atoms with van der Waals surface area (Å²) in [6.07, 6.45) is 2.84. The molecule has 20 heavy (non-hydrogen) atoms. The van der Waals surface area contributed by atoms with Crippen molar-refractivity contribution in [2.45, 2.75) is 39.2 Å². The number of hydrogen-bond acceptors (Lipinski definition) is 2. The van der Waals surface area contributed by atoms with Gasteiger partial charge in [-0.25, -0.2) is 4.39 Å². The van der Waals surface area contributed by atoms with Gasteiger partial charge in [-0.2, -0.15) is 0 Å². The van der Waals surface area contributed by atoms with E-state index in [4.69, 9.17) is 0 Å². The number of carbonyl (C=O) groups excluding carboxylic acids is 1. The number of carbonyl (C=O) groups is 1. The first-order valence-corrected chi connectivity index (χ1v) is 7.84. The third-order valence-corrected chi connectivity index (χ3v) is 4.22. The van der Waals surface area contributed by atoms with E-state index < -0.39 is 0 Å². The van der Waals surface area contributed by atoms with E-state index >= 15 is 0 Å². The Kier molecular flexibility index (Phi) is 5.16. The van der Waals surface area contributed by atoms with E-state index in [0.29, 0.717) is 11.0 Å². The molecular weight excluding hydrogens is 323 g/mol. The number of hydrogen-bond donors (Lipinski definition) is 1.